The van der Waals surface area contributed by atoms with Gasteiger partial charge in [-0.1, -0.05) is 18.2 Å². The van der Waals surface area contributed by atoms with E-state index in [2.05, 4.69) is 4.98 Å². The van der Waals surface area contributed by atoms with Gasteiger partial charge in [-0.25, -0.2) is 14.2 Å². The van der Waals surface area contributed by atoms with Crippen LogP contribution in [0.4, 0.5) is 4.39 Å². The first-order chi connectivity index (χ1) is 10.1. The number of halogens is 1. The molecule has 0 bridgehead atoms. The molecule has 1 aromatic heterocycles. The van der Waals surface area contributed by atoms with Crippen molar-refractivity contribution >= 4 is 17.0 Å². The summed E-state index contributed by atoms with van der Waals surface area (Å²) in [6.07, 6.45) is 0. The third-order valence-corrected chi connectivity index (χ3v) is 3.47. The number of aromatic nitrogens is 2. The van der Waals surface area contributed by atoms with E-state index in [1.54, 1.807) is 24.3 Å². The van der Waals surface area contributed by atoms with Crippen LogP contribution >= 0.6 is 0 Å². The number of nitrogens with zero attached hydrogens (tertiary/aromatic N) is 2. The zero-order valence-corrected chi connectivity index (χ0v) is 11.4. The predicted octanol–water partition coefficient (Wildman–Crippen LogP) is 3.23. The number of aromatic carboxylic acids is 1. The highest BCUT2D eigenvalue weighted by Crippen LogP contribution is 2.20. The molecule has 0 aliphatic carbocycles. The summed E-state index contributed by atoms with van der Waals surface area (Å²) < 4.78 is 15.6. The Morgan fingerprint density at radius 3 is 2.76 bits per heavy atom. The number of rotatable bonds is 3. The smallest absolute Gasteiger partial charge is 0.335 e. The van der Waals surface area contributed by atoms with Crippen LogP contribution in [0.15, 0.2) is 42.5 Å². The predicted molar refractivity (Wildman–Crippen MR) is 76.9 cm³/mol. The molecular formula is C16H13FN2O2. The first-order valence-corrected chi connectivity index (χ1v) is 6.50. The van der Waals surface area contributed by atoms with Gasteiger partial charge in [-0.05, 0) is 31.2 Å². The average Bonchev–Trinajstić information content (AvgIpc) is 2.76. The van der Waals surface area contributed by atoms with Crippen molar-refractivity contribution in [1.82, 2.24) is 9.55 Å². The number of imidazole rings is 1. The summed E-state index contributed by atoms with van der Waals surface area (Å²) in [5.74, 6) is -0.532. The fourth-order valence-corrected chi connectivity index (χ4v) is 2.38. The Bertz CT molecular complexity index is 839. The molecule has 21 heavy (non-hydrogen) atoms. The molecule has 0 saturated carbocycles. The summed E-state index contributed by atoms with van der Waals surface area (Å²) in [6.45, 7) is 2.18. The number of carboxylic acids is 1. The Hall–Kier alpha value is -2.69. The number of hydrogen-bond acceptors (Lipinski definition) is 2. The second-order valence-corrected chi connectivity index (χ2v) is 4.85. The van der Waals surface area contributed by atoms with E-state index in [1.807, 2.05) is 11.5 Å². The highest BCUT2D eigenvalue weighted by atomic mass is 19.1. The molecule has 3 aromatic rings. The van der Waals surface area contributed by atoms with Gasteiger partial charge in [-0.2, -0.15) is 0 Å². The lowest BCUT2D eigenvalue weighted by atomic mass is 10.2. The van der Waals surface area contributed by atoms with Crippen LogP contribution < -0.4 is 0 Å². The van der Waals surface area contributed by atoms with Crippen LogP contribution in [0.1, 0.15) is 21.7 Å². The van der Waals surface area contributed by atoms with Crippen molar-refractivity contribution in [2.45, 2.75) is 13.5 Å². The Balaban J connectivity index is 2.09. The molecule has 0 saturated heterocycles. The van der Waals surface area contributed by atoms with Crippen molar-refractivity contribution in [3.63, 3.8) is 0 Å². The SMILES string of the molecule is Cc1nc2cc(C(=O)O)ccc2n1Cc1ccccc1F. The minimum absolute atomic E-state index is 0.193. The van der Waals surface area contributed by atoms with Gasteiger partial charge in [0.25, 0.3) is 0 Å². The summed E-state index contributed by atoms with van der Waals surface area (Å²) >= 11 is 0. The molecule has 0 fully saturated rings. The van der Waals surface area contributed by atoms with E-state index in [1.165, 1.54) is 18.2 Å². The Morgan fingerprint density at radius 1 is 1.29 bits per heavy atom. The molecule has 0 amide bonds. The van der Waals surface area contributed by atoms with Gasteiger partial charge >= 0.3 is 5.97 Å². The largest absolute Gasteiger partial charge is 0.478 e. The Kier molecular flexibility index (Phi) is 3.17. The quantitative estimate of drug-likeness (QED) is 0.803. The van der Waals surface area contributed by atoms with Crippen LogP contribution in [0.5, 0.6) is 0 Å². The fraction of sp³-hybridized carbons (Fsp3) is 0.125. The van der Waals surface area contributed by atoms with Crippen molar-refractivity contribution < 1.29 is 14.3 Å². The monoisotopic (exact) mass is 284 g/mol. The molecule has 4 nitrogen and oxygen atoms in total. The lowest BCUT2D eigenvalue weighted by Gasteiger charge is -2.08. The minimum atomic E-state index is -0.988. The number of hydrogen-bond donors (Lipinski definition) is 1. The summed E-state index contributed by atoms with van der Waals surface area (Å²) in [5.41, 5.74) is 2.16. The van der Waals surface area contributed by atoms with E-state index >= 15 is 0 Å². The number of aryl methyl sites for hydroxylation is 1. The molecule has 0 radical (unpaired) electrons. The summed E-state index contributed by atoms with van der Waals surface area (Å²) in [7, 11) is 0. The maximum Gasteiger partial charge on any atom is 0.335 e. The number of carbonyl (C=O) groups is 1. The van der Waals surface area contributed by atoms with Gasteiger partial charge in [-0.3, -0.25) is 0 Å². The van der Waals surface area contributed by atoms with Gasteiger partial charge in [0.2, 0.25) is 0 Å². The van der Waals surface area contributed by atoms with E-state index < -0.39 is 5.97 Å². The van der Waals surface area contributed by atoms with Crippen LogP contribution in [0, 0.1) is 12.7 Å². The second-order valence-electron chi connectivity index (χ2n) is 4.85. The topological polar surface area (TPSA) is 55.1 Å². The first kappa shape index (κ1) is 13.3. The molecule has 0 aliphatic rings. The van der Waals surface area contributed by atoms with Gasteiger partial charge < -0.3 is 9.67 Å². The van der Waals surface area contributed by atoms with E-state index in [9.17, 15) is 9.18 Å². The van der Waals surface area contributed by atoms with E-state index in [-0.39, 0.29) is 11.4 Å². The molecule has 1 N–H and O–H groups in total. The highest BCUT2D eigenvalue weighted by molar-refractivity contribution is 5.92. The lowest BCUT2D eigenvalue weighted by Crippen LogP contribution is -2.04. The maximum absolute atomic E-state index is 13.8. The van der Waals surface area contributed by atoms with Crippen molar-refractivity contribution in [1.29, 1.82) is 0 Å². The second kappa shape index (κ2) is 5.01. The van der Waals surface area contributed by atoms with Gasteiger partial charge in [0.15, 0.2) is 0 Å². The van der Waals surface area contributed by atoms with Crippen LogP contribution in [0.2, 0.25) is 0 Å². The van der Waals surface area contributed by atoms with Crippen LogP contribution in [-0.2, 0) is 6.54 Å². The Morgan fingerprint density at radius 2 is 2.05 bits per heavy atom. The summed E-state index contributed by atoms with van der Waals surface area (Å²) in [5, 5.41) is 9.01. The van der Waals surface area contributed by atoms with Crippen molar-refractivity contribution in [2.24, 2.45) is 0 Å². The molecule has 0 unspecified atom stereocenters. The normalized spacial score (nSPS) is 11.0. The van der Waals surface area contributed by atoms with Crippen LogP contribution in [0.3, 0.4) is 0 Å². The van der Waals surface area contributed by atoms with E-state index in [0.29, 0.717) is 17.6 Å². The molecule has 0 spiro atoms. The highest BCUT2D eigenvalue weighted by Gasteiger charge is 2.12. The molecule has 2 aromatic carbocycles. The zero-order valence-electron chi connectivity index (χ0n) is 11.4. The van der Waals surface area contributed by atoms with Crippen LogP contribution in [-0.4, -0.2) is 20.6 Å². The minimum Gasteiger partial charge on any atom is -0.478 e. The number of fused-ring (bicyclic) bond motifs is 1. The summed E-state index contributed by atoms with van der Waals surface area (Å²) in [6, 6.07) is 11.4. The Labute approximate surface area is 120 Å². The third-order valence-electron chi connectivity index (χ3n) is 3.47. The number of carboxylic acid groups (broad SMARTS) is 1. The molecular weight excluding hydrogens is 271 g/mol. The summed E-state index contributed by atoms with van der Waals surface area (Å²) in [4.78, 5) is 15.3. The van der Waals surface area contributed by atoms with Crippen LogP contribution in [0.25, 0.3) is 11.0 Å². The molecule has 3 rings (SSSR count). The van der Waals surface area contributed by atoms with Crippen molar-refractivity contribution in [2.75, 3.05) is 0 Å². The third kappa shape index (κ3) is 2.38. The van der Waals surface area contributed by atoms with Gasteiger partial charge in [0, 0.05) is 5.56 Å². The maximum atomic E-state index is 13.8. The average molecular weight is 284 g/mol. The molecule has 106 valence electrons. The zero-order chi connectivity index (χ0) is 15.0. The standard InChI is InChI=1S/C16H13FN2O2/c1-10-18-14-8-11(16(20)21)6-7-15(14)19(10)9-12-4-2-3-5-13(12)17/h2-8H,9H2,1H3,(H,20,21). The molecule has 0 aliphatic heterocycles. The van der Waals surface area contributed by atoms with Crippen molar-refractivity contribution in [3.05, 3.63) is 65.2 Å². The molecule has 1 heterocycles. The fourth-order valence-electron chi connectivity index (χ4n) is 2.38. The van der Waals surface area contributed by atoms with Gasteiger partial charge in [-0.15, -0.1) is 0 Å². The van der Waals surface area contributed by atoms with Gasteiger partial charge in [0.05, 0.1) is 23.1 Å². The first-order valence-electron chi connectivity index (χ1n) is 6.50. The van der Waals surface area contributed by atoms with E-state index in [0.717, 1.165) is 11.3 Å². The van der Waals surface area contributed by atoms with Gasteiger partial charge in [0.1, 0.15) is 11.6 Å². The van der Waals surface area contributed by atoms with Crippen molar-refractivity contribution in [3.8, 4) is 0 Å². The number of benzene rings is 2. The molecule has 0 atom stereocenters. The van der Waals surface area contributed by atoms with E-state index in [4.69, 9.17) is 5.11 Å². The molecule has 5 heteroatoms. The lowest BCUT2D eigenvalue weighted by molar-refractivity contribution is 0.0697.